The van der Waals surface area contributed by atoms with E-state index in [2.05, 4.69) is 0 Å². The van der Waals surface area contributed by atoms with Crippen LogP contribution in [0.15, 0.2) is 40.4 Å². The summed E-state index contributed by atoms with van der Waals surface area (Å²) < 4.78 is 26.4. The Hall–Kier alpha value is -1.82. The molecule has 0 radical (unpaired) electrons. The highest BCUT2D eigenvalue weighted by Crippen LogP contribution is 2.22. The lowest BCUT2D eigenvalue weighted by molar-refractivity contribution is 0.0696. The van der Waals surface area contributed by atoms with Gasteiger partial charge in [0.05, 0.1) is 10.5 Å². The lowest BCUT2D eigenvalue weighted by Crippen LogP contribution is -2.29. The lowest BCUT2D eigenvalue weighted by Gasteiger charge is -2.24. The summed E-state index contributed by atoms with van der Waals surface area (Å²) >= 11 is 0. The Kier molecular flexibility index (Phi) is 4.94. The van der Waals surface area contributed by atoms with Crippen LogP contribution in [0.4, 0.5) is 0 Å². The Bertz CT molecular complexity index is 626. The Labute approximate surface area is 119 Å². The van der Waals surface area contributed by atoms with Crippen LogP contribution in [0.25, 0.3) is 0 Å². The van der Waals surface area contributed by atoms with Crippen molar-refractivity contribution in [3.63, 3.8) is 0 Å². The van der Waals surface area contributed by atoms with Gasteiger partial charge >= 0.3 is 5.97 Å². The zero-order valence-electron chi connectivity index (χ0n) is 12.0. The molecule has 0 fully saturated rings. The average molecular weight is 297 g/mol. The number of carboxylic acids is 1. The Balaban J connectivity index is 3.28. The third kappa shape index (κ3) is 3.19. The molecular weight excluding hydrogens is 278 g/mol. The number of benzene rings is 1. The summed E-state index contributed by atoms with van der Waals surface area (Å²) in [5, 5.41) is 8.83. The zero-order chi connectivity index (χ0) is 15.5. The first kappa shape index (κ1) is 16.2. The van der Waals surface area contributed by atoms with Crippen molar-refractivity contribution < 1.29 is 18.3 Å². The highest BCUT2D eigenvalue weighted by Gasteiger charge is 2.24. The van der Waals surface area contributed by atoms with Crippen LogP contribution in [0.5, 0.6) is 0 Å². The molecule has 0 amide bonds. The van der Waals surface area contributed by atoms with E-state index in [-0.39, 0.29) is 10.5 Å². The molecule has 0 aliphatic rings. The molecule has 0 heterocycles. The number of allylic oxidation sites excluding steroid dienone is 2. The summed E-state index contributed by atoms with van der Waals surface area (Å²) in [6.07, 6.45) is 0. The first-order valence-electron chi connectivity index (χ1n) is 6.22. The standard InChI is InChI=1S/C14H19NO4S/c1-5-15(11(4)10(2)3)20(18,19)13-8-6-12(7-9-13)14(16)17/h6-9H,5H2,1-4H3,(H,16,17). The summed E-state index contributed by atoms with van der Waals surface area (Å²) in [6.45, 7) is 7.53. The van der Waals surface area contributed by atoms with Gasteiger partial charge in [-0.1, -0.05) is 5.57 Å². The number of sulfonamides is 1. The minimum atomic E-state index is -3.66. The predicted octanol–water partition coefficient (Wildman–Crippen LogP) is 2.71. The number of carboxylic acid groups (broad SMARTS) is 1. The monoisotopic (exact) mass is 297 g/mol. The van der Waals surface area contributed by atoms with E-state index < -0.39 is 16.0 Å². The van der Waals surface area contributed by atoms with Crippen molar-refractivity contribution in [2.75, 3.05) is 6.54 Å². The maximum atomic E-state index is 12.5. The van der Waals surface area contributed by atoms with Gasteiger partial charge in [-0.05, 0) is 52.0 Å². The molecule has 1 aromatic rings. The van der Waals surface area contributed by atoms with E-state index in [9.17, 15) is 13.2 Å². The number of nitrogens with zero attached hydrogens (tertiary/aromatic N) is 1. The number of aromatic carboxylic acids is 1. The van der Waals surface area contributed by atoms with Gasteiger partial charge in [-0.3, -0.25) is 4.31 Å². The van der Waals surface area contributed by atoms with Gasteiger partial charge in [0.25, 0.3) is 10.0 Å². The van der Waals surface area contributed by atoms with Crippen molar-refractivity contribution >= 4 is 16.0 Å². The number of hydrogen-bond acceptors (Lipinski definition) is 3. The van der Waals surface area contributed by atoms with E-state index in [1.807, 2.05) is 13.8 Å². The fourth-order valence-corrected chi connectivity index (χ4v) is 3.35. The molecule has 0 bridgehead atoms. The van der Waals surface area contributed by atoms with Crippen LogP contribution in [0.1, 0.15) is 38.1 Å². The van der Waals surface area contributed by atoms with Crippen LogP contribution in [0, 0.1) is 0 Å². The maximum absolute atomic E-state index is 12.5. The molecule has 0 aliphatic heterocycles. The fourth-order valence-electron chi connectivity index (χ4n) is 1.73. The van der Waals surface area contributed by atoms with Crippen molar-refractivity contribution in [2.45, 2.75) is 32.6 Å². The molecule has 1 rings (SSSR count). The van der Waals surface area contributed by atoms with Gasteiger partial charge in [0.2, 0.25) is 0 Å². The predicted molar refractivity (Wildman–Crippen MR) is 77.0 cm³/mol. The molecule has 0 aromatic heterocycles. The summed E-state index contributed by atoms with van der Waals surface area (Å²) in [6, 6.07) is 5.22. The molecule has 0 aliphatic carbocycles. The minimum absolute atomic E-state index is 0.0611. The average Bonchev–Trinajstić information content (AvgIpc) is 2.39. The van der Waals surface area contributed by atoms with Crippen LogP contribution in [-0.2, 0) is 10.0 Å². The van der Waals surface area contributed by atoms with Gasteiger partial charge in [-0.2, -0.15) is 0 Å². The van der Waals surface area contributed by atoms with Gasteiger partial charge in [0.1, 0.15) is 0 Å². The smallest absolute Gasteiger partial charge is 0.335 e. The van der Waals surface area contributed by atoms with Crippen molar-refractivity contribution in [3.8, 4) is 0 Å². The van der Waals surface area contributed by atoms with Gasteiger partial charge in [-0.25, -0.2) is 13.2 Å². The maximum Gasteiger partial charge on any atom is 0.335 e. The molecule has 0 saturated heterocycles. The molecule has 6 heteroatoms. The van der Waals surface area contributed by atoms with Gasteiger partial charge in [0.15, 0.2) is 0 Å². The second-order valence-electron chi connectivity index (χ2n) is 4.58. The highest BCUT2D eigenvalue weighted by atomic mass is 32.2. The molecule has 1 N–H and O–H groups in total. The summed E-state index contributed by atoms with van der Waals surface area (Å²) in [5.41, 5.74) is 1.65. The zero-order valence-corrected chi connectivity index (χ0v) is 12.9. The molecular formula is C14H19NO4S. The lowest BCUT2D eigenvalue weighted by atomic mass is 10.2. The quantitative estimate of drug-likeness (QED) is 0.906. The SMILES string of the molecule is CCN(C(C)=C(C)C)S(=O)(=O)c1ccc(C(=O)O)cc1. The van der Waals surface area contributed by atoms with Crippen LogP contribution in [-0.4, -0.2) is 30.3 Å². The molecule has 0 unspecified atom stereocenters. The van der Waals surface area contributed by atoms with Crippen molar-refractivity contribution in [1.29, 1.82) is 0 Å². The van der Waals surface area contributed by atoms with Gasteiger partial charge in [0, 0.05) is 12.2 Å². The Morgan fingerprint density at radius 1 is 1.15 bits per heavy atom. The van der Waals surface area contributed by atoms with E-state index >= 15 is 0 Å². The largest absolute Gasteiger partial charge is 0.478 e. The summed E-state index contributed by atoms with van der Waals surface area (Å²) in [5.74, 6) is -1.08. The first-order chi connectivity index (χ1) is 9.21. The summed E-state index contributed by atoms with van der Waals surface area (Å²) in [4.78, 5) is 10.9. The van der Waals surface area contributed by atoms with Gasteiger partial charge in [-0.15, -0.1) is 0 Å². The molecule has 0 saturated carbocycles. The number of rotatable bonds is 5. The van der Waals surface area contributed by atoms with E-state index in [4.69, 9.17) is 5.11 Å². The molecule has 1 aromatic carbocycles. The van der Waals surface area contributed by atoms with Crippen LogP contribution < -0.4 is 0 Å². The Morgan fingerprint density at radius 2 is 1.65 bits per heavy atom. The first-order valence-corrected chi connectivity index (χ1v) is 7.66. The van der Waals surface area contributed by atoms with Gasteiger partial charge < -0.3 is 5.11 Å². The molecule has 20 heavy (non-hydrogen) atoms. The van der Waals surface area contributed by atoms with E-state index in [0.29, 0.717) is 12.2 Å². The van der Waals surface area contributed by atoms with Crippen molar-refractivity contribution in [2.24, 2.45) is 0 Å². The van der Waals surface area contributed by atoms with E-state index in [1.165, 1.54) is 28.6 Å². The minimum Gasteiger partial charge on any atom is -0.478 e. The number of carbonyl (C=O) groups is 1. The molecule has 0 atom stereocenters. The third-order valence-electron chi connectivity index (χ3n) is 3.07. The second kappa shape index (κ2) is 6.09. The molecule has 110 valence electrons. The summed E-state index contributed by atoms with van der Waals surface area (Å²) in [7, 11) is -3.66. The van der Waals surface area contributed by atoms with Crippen LogP contribution in [0.3, 0.4) is 0 Å². The van der Waals surface area contributed by atoms with Crippen molar-refractivity contribution in [1.82, 2.24) is 4.31 Å². The Morgan fingerprint density at radius 3 is 2.00 bits per heavy atom. The molecule has 5 nitrogen and oxygen atoms in total. The normalized spacial score (nSPS) is 11.0. The fraction of sp³-hybridized carbons (Fsp3) is 0.357. The molecule has 0 spiro atoms. The second-order valence-corrected chi connectivity index (χ2v) is 6.45. The number of hydrogen-bond donors (Lipinski definition) is 1. The highest BCUT2D eigenvalue weighted by molar-refractivity contribution is 7.89. The van der Waals surface area contributed by atoms with E-state index in [1.54, 1.807) is 13.8 Å². The van der Waals surface area contributed by atoms with E-state index in [0.717, 1.165) is 5.57 Å². The van der Waals surface area contributed by atoms with Crippen LogP contribution >= 0.6 is 0 Å². The van der Waals surface area contributed by atoms with Crippen molar-refractivity contribution in [3.05, 3.63) is 41.1 Å². The van der Waals surface area contributed by atoms with Crippen LogP contribution in [0.2, 0.25) is 0 Å². The third-order valence-corrected chi connectivity index (χ3v) is 5.05. The topological polar surface area (TPSA) is 74.7 Å².